The molecule has 1 saturated heterocycles. The molecule has 2 aliphatic rings. The summed E-state index contributed by atoms with van der Waals surface area (Å²) < 4.78 is 0. The molecule has 2 fully saturated rings. The minimum Gasteiger partial charge on any atom is -0.480 e. The maximum Gasteiger partial charge on any atom is 0.326 e. The van der Waals surface area contributed by atoms with Crippen molar-refractivity contribution >= 4 is 11.9 Å². The van der Waals surface area contributed by atoms with Gasteiger partial charge < -0.3 is 15.7 Å². The van der Waals surface area contributed by atoms with E-state index in [0.29, 0.717) is 31.3 Å². The van der Waals surface area contributed by atoms with Crippen LogP contribution in [0.3, 0.4) is 0 Å². The molecule has 0 aromatic rings. The molecule has 5 nitrogen and oxygen atoms in total. The van der Waals surface area contributed by atoms with Crippen LogP contribution in [-0.2, 0) is 9.59 Å². The van der Waals surface area contributed by atoms with E-state index in [-0.39, 0.29) is 5.91 Å². The van der Waals surface area contributed by atoms with Crippen molar-refractivity contribution in [3.63, 3.8) is 0 Å². The van der Waals surface area contributed by atoms with Gasteiger partial charge >= 0.3 is 5.97 Å². The van der Waals surface area contributed by atoms with Gasteiger partial charge in [-0.3, -0.25) is 4.79 Å². The van der Waals surface area contributed by atoms with Crippen molar-refractivity contribution in [2.45, 2.75) is 58.4 Å². The molecule has 0 spiro atoms. The third kappa shape index (κ3) is 3.23. The Balaban J connectivity index is 2.18. The molecule has 2 unspecified atom stereocenters. The highest BCUT2D eigenvalue weighted by Gasteiger charge is 2.46. The maximum absolute atomic E-state index is 13.0. The Kier molecular flexibility index (Phi) is 4.91. The van der Waals surface area contributed by atoms with Gasteiger partial charge in [0, 0.05) is 13.1 Å². The summed E-state index contributed by atoms with van der Waals surface area (Å²) in [6, 6.07) is -0.677. The molecule has 120 valence electrons. The highest BCUT2D eigenvalue weighted by atomic mass is 16.4. The van der Waals surface area contributed by atoms with E-state index in [1.807, 2.05) is 0 Å². The Hall–Kier alpha value is -1.10. The van der Waals surface area contributed by atoms with Gasteiger partial charge in [-0.2, -0.15) is 0 Å². The summed E-state index contributed by atoms with van der Waals surface area (Å²) in [4.78, 5) is 26.1. The summed E-state index contributed by atoms with van der Waals surface area (Å²) in [6.45, 7) is 5.14. The number of hydrogen-bond donors (Lipinski definition) is 2. The second-order valence-electron chi connectivity index (χ2n) is 7.15. The third-order valence-electron chi connectivity index (χ3n) is 5.49. The fourth-order valence-electron chi connectivity index (χ4n) is 3.74. The lowest BCUT2D eigenvalue weighted by atomic mass is 9.69. The van der Waals surface area contributed by atoms with Gasteiger partial charge in [-0.1, -0.05) is 13.8 Å². The molecule has 0 aromatic carbocycles. The van der Waals surface area contributed by atoms with Crippen LogP contribution >= 0.6 is 0 Å². The normalized spacial score (nSPS) is 37.3. The molecule has 1 aliphatic carbocycles. The number of nitrogens with two attached hydrogens (primary N) is 1. The first-order valence-corrected chi connectivity index (χ1v) is 8.13. The van der Waals surface area contributed by atoms with E-state index in [9.17, 15) is 14.7 Å². The van der Waals surface area contributed by atoms with E-state index >= 15 is 0 Å². The molecule has 0 bridgehead atoms. The summed E-state index contributed by atoms with van der Waals surface area (Å²) in [5, 5.41) is 9.45. The van der Waals surface area contributed by atoms with E-state index in [0.717, 1.165) is 32.1 Å². The quantitative estimate of drug-likeness (QED) is 0.832. The Morgan fingerprint density at radius 2 is 1.81 bits per heavy atom. The highest BCUT2D eigenvalue weighted by Crippen LogP contribution is 2.41. The first kappa shape index (κ1) is 16.3. The number of rotatable bonds is 3. The van der Waals surface area contributed by atoms with Crippen LogP contribution in [-0.4, -0.2) is 41.0 Å². The Morgan fingerprint density at radius 3 is 2.33 bits per heavy atom. The number of carbonyl (C=O) groups is 2. The highest BCUT2D eigenvalue weighted by molar-refractivity contribution is 5.88. The largest absolute Gasteiger partial charge is 0.480 e. The molecule has 5 heteroatoms. The minimum absolute atomic E-state index is 0.0174. The minimum atomic E-state index is -0.883. The lowest BCUT2D eigenvalue weighted by molar-refractivity contribution is -0.159. The van der Waals surface area contributed by atoms with Gasteiger partial charge in [-0.15, -0.1) is 0 Å². The lowest BCUT2D eigenvalue weighted by Crippen LogP contribution is -2.57. The van der Waals surface area contributed by atoms with Gasteiger partial charge in [0.05, 0.1) is 5.41 Å². The second-order valence-corrected chi connectivity index (χ2v) is 7.15. The summed E-state index contributed by atoms with van der Waals surface area (Å²) in [5.41, 5.74) is 5.42. The van der Waals surface area contributed by atoms with Gasteiger partial charge in [-0.05, 0) is 50.4 Å². The monoisotopic (exact) mass is 296 g/mol. The zero-order valence-electron chi connectivity index (χ0n) is 13.2. The molecular formula is C16H28N2O3. The fourth-order valence-corrected chi connectivity index (χ4v) is 3.74. The van der Waals surface area contributed by atoms with E-state index < -0.39 is 17.4 Å². The molecule has 0 aromatic heterocycles. The number of hydrogen-bond acceptors (Lipinski definition) is 3. The Bertz CT molecular complexity index is 402. The van der Waals surface area contributed by atoms with Crippen LogP contribution in [0.25, 0.3) is 0 Å². The molecule has 2 rings (SSSR count). The van der Waals surface area contributed by atoms with Crippen LogP contribution in [0.5, 0.6) is 0 Å². The zero-order chi connectivity index (χ0) is 15.6. The molecule has 1 amide bonds. The summed E-state index contributed by atoms with van der Waals surface area (Å²) in [6.07, 6.45) is 5.03. The topological polar surface area (TPSA) is 83.6 Å². The van der Waals surface area contributed by atoms with Crippen LogP contribution in [0.15, 0.2) is 0 Å². The molecular weight excluding hydrogens is 268 g/mol. The van der Waals surface area contributed by atoms with Gasteiger partial charge in [-0.25, -0.2) is 4.79 Å². The van der Waals surface area contributed by atoms with Crippen molar-refractivity contribution < 1.29 is 14.7 Å². The molecule has 2 atom stereocenters. The SMILES string of the molecule is CC1CCC(CN)(C(=O)N2CCC(C)CC2C(=O)O)CC1. The Morgan fingerprint density at radius 1 is 1.19 bits per heavy atom. The van der Waals surface area contributed by atoms with E-state index in [4.69, 9.17) is 5.73 Å². The molecule has 21 heavy (non-hydrogen) atoms. The van der Waals surface area contributed by atoms with Crippen molar-refractivity contribution in [2.24, 2.45) is 23.0 Å². The molecule has 0 radical (unpaired) electrons. The number of aliphatic carboxylic acids is 1. The van der Waals surface area contributed by atoms with Crippen molar-refractivity contribution in [3.05, 3.63) is 0 Å². The average Bonchev–Trinajstić information content (AvgIpc) is 2.47. The summed E-state index contributed by atoms with van der Waals surface area (Å²) in [7, 11) is 0. The van der Waals surface area contributed by atoms with Crippen LogP contribution in [0, 0.1) is 17.3 Å². The first-order valence-electron chi connectivity index (χ1n) is 8.13. The summed E-state index contributed by atoms with van der Waals surface area (Å²) >= 11 is 0. The van der Waals surface area contributed by atoms with Crippen LogP contribution < -0.4 is 5.73 Å². The maximum atomic E-state index is 13.0. The third-order valence-corrected chi connectivity index (χ3v) is 5.49. The zero-order valence-corrected chi connectivity index (χ0v) is 13.2. The number of carboxylic acid groups (broad SMARTS) is 1. The molecule has 3 N–H and O–H groups in total. The number of carboxylic acids is 1. The van der Waals surface area contributed by atoms with Crippen molar-refractivity contribution in [1.29, 1.82) is 0 Å². The van der Waals surface area contributed by atoms with Crippen molar-refractivity contribution in [1.82, 2.24) is 4.90 Å². The summed E-state index contributed by atoms with van der Waals surface area (Å²) in [5.74, 6) is 0.0897. The van der Waals surface area contributed by atoms with Crippen LogP contribution in [0.4, 0.5) is 0 Å². The number of likely N-dealkylation sites (tertiary alicyclic amines) is 1. The number of piperidine rings is 1. The number of nitrogens with zero attached hydrogens (tertiary/aromatic N) is 1. The van der Waals surface area contributed by atoms with E-state index in [1.54, 1.807) is 4.90 Å². The predicted molar refractivity (Wildman–Crippen MR) is 80.7 cm³/mol. The average molecular weight is 296 g/mol. The van der Waals surface area contributed by atoms with Gasteiger partial charge in [0.15, 0.2) is 0 Å². The van der Waals surface area contributed by atoms with Gasteiger partial charge in [0.1, 0.15) is 6.04 Å². The van der Waals surface area contributed by atoms with Gasteiger partial charge in [0.2, 0.25) is 5.91 Å². The Labute approximate surface area is 126 Å². The first-order chi connectivity index (χ1) is 9.89. The lowest BCUT2D eigenvalue weighted by Gasteiger charge is -2.44. The van der Waals surface area contributed by atoms with E-state index in [1.165, 1.54) is 0 Å². The smallest absolute Gasteiger partial charge is 0.326 e. The molecule has 1 heterocycles. The molecule has 1 aliphatic heterocycles. The number of amides is 1. The van der Waals surface area contributed by atoms with Crippen LogP contribution in [0.2, 0.25) is 0 Å². The van der Waals surface area contributed by atoms with Gasteiger partial charge in [0.25, 0.3) is 0 Å². The molecule has 1 saturated carbocycles. The van der Waals surface area contributed by atoms with Crippen molar-refractivity contribution in [3.8, 4) is 0 Å². The standard InChI is InChI=1S/C16H28N2O3/c1-11-3-6-16(10-17,7-4-11)15(21)18-8-5-12(2)9-13(18)14(19)20/h11-13H,3-10,17H2,1-2H3,(H,19,20). The van der Waals surface area contributed by atoms with E-state index in [2.05, 4.69) is 13.8 Å². The second kappa shape index (κ2) is 6.34. The fraction of sp³-hybridized carbons (Fsp3) is 0.875. The predicted octanol–water partition coefficient (Wildman–Crippen LogP) is 1.85. The van der Waals surface area contributed by atoms with Crippen molar-refractivity contribution in [2.75, 3.05) is 13.1 Å². The van der Waals surface area contributed by atoms with Crippen LogP contribution in [0.1, 0.15) is 52.4 Å². The number of carbonyl (C=O) groups excluding carboxylic acids is 1.